The molecule has 2 aliphatic rings. The Labute approximate surface area is 166 Å². The van der Waals surface area contributed by atoms with E-state index in [9.17, 15) is 13.2 Å². The molecule has 0 spiro atoms. The van der Waals surface area contributed by atoms with Crippen molar-refractivity contribution in [1.29, 1.82) is 0 Å². The number of carbonyl (C=O) groups excluding carboxylic acids is 1. The summed E-state index contributed by atoms with van der Waals surface area (Å²) in [5.41, 5.74) is 0.773. The minimum Gasteiger partial charge on any atom is -0.379 e. The first kappa shape index (κ1) is 20.9. The van der Waals surface area contributed by atoms with Crippen LogP contribution in [0.5, 0.6) is 0 Å². The first-order chi connectivity index (χ1) is 13.6. The zero-order valence-electron chi connectivity index (χ0n) is 15.9. The van der Waals surface area contributed by atoms with Gasteiger partial charge in [-0.2, -0.15) is 4.31 Å². The summed E-state index contributed by atoms with van der Waals surface area (Å²) in [6, 6.07) is 6.55. The largest absolute Gasteiger partial charge is 0.379 e. The van der Waals surface area contributed by atoms with Crippen LogP contribution < -0.4 is 10.2 Å². The van der Waals surface area contributed by atoms with E-state index in [2.05, 4.69) is 5.32 Å². The number of morpholine rings is 2. The van der Waals surface area contributed by atoms with Gasteiger partial charge < -0.3 is 19.7 Å². The van der Waals surface area contributed by atoms with Crippen molar-refractivity contribution in [2.75, 3.05) is 65.7 Å². The average Bonchev–Trinajstić information content (AvgIpc) is 2.74. The van der Waals surface area contributed by atoms with E-state index in [4.69, 9.17) is 9.47 Å². The van der Waals surface area contributed by atoms with Gasteiger partial charge >= 0.3 is 0 Å². The minimum atomic E-state index is -3.49. The van der Waals surface area contributed by atoms with Crippen molar-refractivity contribution in [1.82, 2.24) is 9.62 Å². The lowest BCUT2D eigenvalue weighted by Gasteiger charge is -2.26. The van der Waals surface area contributed by atoms with Crippen LogP contribution in [0.1, 0.15) is 5.56 Å². The monoisotopic (exact) mass is 410 g/mol. The van der Waals surface area contributed by atoms with Crippen LogP contribution in [0.25, 0.3) is 6.08 Å². The summed E-state index contributed by atoms with van der Waals surface area (Å²) in [5.74, 6) is -0.155. The number of hydrogen-bond donors (Lipinski definition) is 2. The van der Waals surface area contributed by atoms with Gasteiger partial charge in [-0.1, -0.05) is 12.1 Å². The van der Waals surface area contributed by atoms with Crippen LogP contribution in [-0.4, -0.2) is 84.3 Å². The summed E-state index contributed by atoms with van der Waals surface area (Å²) in [4.78, 5) is 13.6. The van der Waals surface area contributed by atoms with Crippen LogP contribution in [-0.2, 0) is 24.3 Å². The van der Waals surface area contributed by atoms with E-state index in [1.54, 1.807) is 30.3 Å². The Morgan fingerprint density at radius 3 is 2.39 bits per heavy atom. The second kappa shape index (κ2) is 10.1. The Balaban J connectivity index is 1.48. The first-order valence-corrected chi connectivity index (χ1v) is 11.0. The predicted octanol–water partition coefficient (Wildman–Crippen LogP) is -1.25. The summed E-state index contributed by atoms with van der Waals surface area (Å²) < 4.78 is 37.1. The first-order valence-electron chi connectivity index (χ1n) is 9.61. The van der Waals surface area contributed by atoms with E-state index in [1.807, 2.05) is 0 Å². The Bertz CT molecular complexity index is 767. The fourth-order valence-corrected chi connectivity index (χ4v) is 4.60. The molecule has 0 bridgehead atoms. The second-order valence-corrected chi connectivity index (χ2v) is 8.76. The highest BCUT2D eigenvalue weighted by atomic mass is 32.2. The van der Waals surface area contributed by atoms with Gasteiger partial charge in [-0.25, -0.2) is 8.42 Å². The molecule has 2 N–H and O–H groups in total. The molecular formula is C19H28N3O5S+. The number of benzene rings is 1. The molecule has 3 rings (SSSR count). The number of amides is 1. The lowest BCUT2D eigenvalue weighted by molar-refractivity contribution is -0.906. The molecule has 0 aromatic heterocycles. The molecule has 8 nitrogen and oxygen atoms in total. The van der Waals surface area contributed by atoms with E-state index in [0.717, 1.165) is 38.4 Å². The van der Waals surface area contributed by atoms with Gasteiger partial charge in [-0.3, -0.25) is 4.79 Å². The average molecular weight is 411 g/mol. The number of nitrogens with one attached hydrogen (secondary N) is 2. The highest BCUT2D eigenvalue weighted by Gasteiger charge is 2.25. The number of ether oxygens (including phenoxy) is 2. The molecule has 0 unspecified atom stereocenters. The number of quaternary nitrogens is 1. The minimum absolute atomic E-state index is 0.155. The van der Waals surface area contributed by atoms with Crippen LogP contribution >= 0.6 is 0 Å². The van der Waals surface area contributed by atoms with Gasteiger partial charge in [0.25, 0.3) is 0 Å². The molecule has 1 amide bonds. The predicted molar refractivity (Wildman–Crippen MR) is 104 cm³/mol. The molecule has 1 aromatic carbocycles. The number of rotatable bonds is 7. The molecule has 2 heterocycles. The summed E-state index contributed by atoms with van der Waals surface area (Å²) in [6.07, 6.45) is 3.15. The van der Waals surface area contributed by atoms with Crippen LogP contribution in [0.15, 0.2) is 35.2 Å². The fraction of sp³-hybridized carbons (Fsp3) is 0.526. The molecule has 0 atom stereocenters. The van der Waals surface area contributed by atoms with Crippen molar-refractivity contribution in [3.63, 3.8) is 0 Å². The van der Waals surface area contributed by atoms with Crippen molar-refractivity contribution < 1.29 is 27.6 Å². The molecule has 2 fully saturated rings. The van der Waals surface area contributed by atoms with Crippen molar-refractivity contribution >= 4 is 22.0 Å². The maximum Gasteiger partial charge on any atom is 0.244 e. The van der Waals surface area contributed by atoms with Gasteiger partial charge in [0.05, 0.1) is 44.4 Å². The van der Waals surface area contributed by atoms with Crippen LogP contribution in [0, 0.1) is 0 Å². The third-order valence-corrected chi connectivity index (χ3v) is 6.81. The lowest BCUT2D eigenvalue weighted by atomic mass is 10.2. The molecular weight excluding hydrogens is 382 g/mol. The molecule has 2 aliphatic heterocycles. The maximum absolute atomic E-state index is 12.6. The van der Waals surface area contributed by atoms with Crippen LogP contribution in [0.2, 0.25) is 0 Å². The van der Waals surface area contributed by atoms with Crippen molar-refractivity contribution in [2.24, 2.45) is 0 Å². The Kier molecular flexibility index (Phi) is 7.57. The molecule has 0 aliphatic carbocycles. The van der Waals surface area contributed by atoms with Crippen LogP contribution in [0.3, 0.4) is 0 Å². The van der Waals surface area contributed by atoms with E-state index >= 15 is 0 Å². The van der Waals surface area contributed by atoms with Crippen LogP contribution in [0.4, 0.5) is 0 Å². The summed E-state index contributed by atoms with van der Waals surface area (Å²) >= 11 is 0. The lowest BCUT2D eigenvalue weighted by Crippen LogP contribution is -3.14. The van der Waals surface area contributed by atoms with Gasteiger partial charge in [0, 0.05) is 19.2 Å². The zero-order chi connectivity index (χ0) is 19.8. The number of carbonyl (C=O) groups is 1. The highest BCUT2D eigenvalue weighted by molar-refractivity contribution is 7.89. The standard InChI is InChI=1S/C19H27N3O5S/c23-19(20-7-8-21-9-13-26-14-10-21)6-3-17-1-4-18(5-2-17)28(24,25)22-11-15-27-16-12-22/h1-6H,7-16H2,(H,20,23)/p+1/b6-3+. The number of sulfonamides is 1. The third kappa shape index (κ3) is 5.86. The Morgan fingerprint density at radius 2 is 1.71 bits per heavy atom. The highest BCUT2D eigenvalue weighted by Crippen LogP contribution is 2.18. The molecule has 2 saturated heterocycles. The topological polar surface area (TPSA) is 89.4 Å². The van der Waals surface area contributed by atoms with E-state index in [1.165, 1.54) is 15.3 Å². The van der Waals surface area contributed by atoms with Gasteiger partial charge in [-0.15, -0.1) is 0 Å². The van der Waals surface area contributed by atoms with Crippen molar-refractivity contribution in [3.8, 4) is 0 Å². The Morgan fingerprint density at radius 1 is 1.07 bits per heavy atom. The van der Waals surface area contributed by atoms with Gasteiger partial charge in [-0.05, 0) is 23.8 Å². The number of nitrogens with zero attached hydrogens (tertiary/aromatic N) is 1. The zero-order valence-corrected chi connectivity index (χ0v) is 16.7. The summed E-state index contributed by atoms with van der Waals surface area (Å²) in [7, 11) is -3.49. The third-order valence-electron chi connectivity index (χ3n) is 4.89. The Hall–Kier alpha value is -1.78. The SMILES string of the molecule is O=C(/C=C/c1ccc(S(=O)(=O)N2CCOCC2)cc1)NCC[NH+]1CCOCC1. The molecule has 1 aromatic rings. The molecule has 154 valence electrons. The normalized spacial score (nSPS) is 19.7. The summed E-state index contributed by atoms with van der Waals surface area (Å²) in [5, 5.41) is 2.88. The van der Waals surface area contributed by atoms with E-state index < -0.39 is 10.0 Å². The quantitative estimate of drug-likeness (QED) is 0.549. The molecule has 0 radical (unpaired) electrons. The van der Waals surface area contributed by atoms with E-state index in [0.29, 0.717) is 32.8 Å². The van der Waals surface area contributed by atoms with E-state index in [-0.39, 0.29) is 10.8 Å². The van der Waals surface area contributed by atoms with Gasteiger partial charge in [0.1, 0.15) is 13.1 Å². The fourth-order valence-electron chi connectivity index (χ4n) is 3.19. The molecule has 28 heavy (non-hydrogen) atoms. The summed E-state index contributed by atoms with van der Waals surface area (Å²) in [6.45, 7) is 6.60. The number of hydrogen-bond acceptors (Lipinski definition) is 5. The van der Waals surface area contributed by atoms with Gasteiger partial charge in [0.15, 0.2) is 0 Å². The maximum atomic E-state index is 12.6. The molecule has 9 heteroatoms. The van der Waals surface area contributed by atoms with Crippen molar-refractivity contribution in [2.45, 2.75) is 4.90 Å². The smallest absolute Gasteiger partial charge is 0.244 e. The van der Waals surface area contributed by atoms with Gasteiger partial charge in [0.2, 0.25) is 15.9 Å². The molecule has 0 saturated carbocycles. The second-order valence-electron chi connectivity index (χ2n) is 6.82. The van der Waals surface area contributed by atoms with Crippen molar-refractivity contribution in [3.05, 3.63) is 35.9 Å².